The molecule has 0 bridgehead atoms. The molecule has 0 spiro atoms. The van der Waals surface area contributed by atoms with E-state index in [9.17, 15) is 4.79 Å². The molecule has 2 aromatic carbocycles. The van der Waals surface area contributed by atoms with Crippen molar-refractivity contribution in [3.05, 3.63) is 53.9 Å². The molecule has 5 nitrogen and oxygen atoms in total. The molecule has 1 aromatic heterocycles. The number of carbonyl (C=O) groups excluding carboxylic acids is 1. The van der Waals surface area contributed by atoms with Crippen molar-refractivity contribution in [3.8, 4) is 5.75 Å². The molecule has 148 valence electrons. The van der Waals surface area contributed by atoms with Crippen LogP contribution < -0.4 is 10.1 Å². The van der Waals surface area contributed by atoms with E-state index in [0.29, 0.717) is 11.4 Å². The van der Waals surface area contributed by atoms with Gasteiger partial charge in [-0.1, -0.05) is 17.3 Å². The van der Waals surface area contributed by atoms with Gasteiger partial charge in [-0.05, 0) is 68.3 Å². The minimum atomic E-state index is -0.673. The van der Waals surface area contributed by atoms with Crippen molar-refractivity contribution < 1.29 is 14.1 Å². The Kier molecular flexibility index (Phi) is 6.25. The first-order chi connectivity index (χ1) is 13.3. The van der Waals surface area contributed by atoms with Crippen molar-refractivity contribution in [2.45, 2.75) is 36.6 Å². The Morgan fingerprint density at radius 2 is 1.93 bits per heavy atom. The molecular formula is C21H24N2O3S2. The second kappa shape index (κ2) is 8.49. The van der Waals surface area contributed by atoms with Crippen LogP contribution in [0, 0.1) is 6.92 Å². The van der Waals surface area contributed by atoms with Gasteiger partial charge in [0.25, 0.3) is 5.91 Å². The van der Waals surface area contributed by atoms with E-state index >= 15 is 0 Å². The second-order valence-corrected chi connectivity index (χ2v) is 8.80. The fraction of sp³-hybridized carbons (Fsp3) is 0.333. The van der Waals surface area contributed by atoms with Gasteiger partial charge in [-0.2, -0.15) is 0 Å². The molecule has 1 amide bonds. The maximum atomic E-state index is 12.8. The summed E-state index contributed by atoms with van der Waals surface area (Å²) in [4.78, 5) is 14.0. The van der Waals surface area contributed by atoms with Crippen LogP contribution in [0.1, 0.15) is 25.1 Å². The first-order valence-corrected chi connectivity index (χ1v) is 11.4. The van der Waals surface area contributed by atoms with Gasteiger partial charge < -0.3 is 14.6 Å². The molecule has 0 saturated heterocycles. The fourth-order valence-electron chi connectivity index (χ4n) is 3.05. The average Bonchev–Trinajstić information content (AvgIpc) is 3.12. The summed E-state index contributed by atoms with van der Waals surface area (Å²) in [5.74, 6) is 0.452. The van der Waals surface area contributed by atoms with Gasteiger partial charge >= 0.3 is 0 Å². The number of hydrogen-bond acceptors (Lipinski definition) is 6. The molecule has 1 atom stereocenters. The van der Waals surface area contributed by atoms with E-state index in [4.69, 9.17) is 9.26 Å². The van der Waals surface area contributed by atoms with E-state index < -0.39 is 11.0 Å². The number of thioether (sulfide) groups is 2. The van der Waals surface area contributed by atoms with Crippen LogP contribution in [0.15, 0.2) is 52.1 Å². The standard InChI is InChI=1S/C21H24N2O3S2/c1-13-12-25-23-18(13)21(2,3)22-19(24)20(28-5)26-16-8-6-14-7-9-17(27-4)11-15(14)10-16/h6-12,20H,1-5H3,(H,22,24). The Bertz CT molecular complexity index is 985. The fourth-order valence-corrected chi connectivity index (χ4v) is 3.98. The molecule has 0 aliphatic carbocycles. The highest BCUT2D eigenvalue weighted by Crippen LogP contribution is 2.28. The van der Waals surface area contributed by atoms with Gasteiger partial charge in [0.2, 0.25) is 5.44 Å². The van der Waals surface area contributed by atoms with E-state index in [-0.39, 0.29) is 5.91 Å². The molecule has 3 rings (SSSR count). The minimum absolute atomic E-state index is 0.210. The quantitative estimate of drug-likeness (QED) is 0.433. The lowest BCUT2D eigenvalue weighted by Gasteiger charge is -2.27. The van der Waals surface area contributed by atoms with Crippen molar-refractivity contribution in [1.82, 2.24) is 10.5 Å². The number of nitrogens with one attached hydrogen (secondary N) is 1. The summed E-state index contributed by atoms with van der Waals surface area (Å²) in [6, 6.07) is 12.2. The average molecular weight is 417 g/mol. The third-order valence-electron chi connectivity index (χ3n) is 4.46. The molecule has 0 radical (unpaired) electrons. The predicted molar refractivity (Wildman–Crippen MR) is 116 cm³/mol. The van der Waals surface area contributed by atoms with Gasteiger partial charge in [-0.3, -0.25) is 4.79 Å². The Hall–Kier alpha value is -2.12. The number of ether oxygens (including phenoxy) is 1. The van der Waals surface area contributed by atoms with Crippen molar-refractivity contribution in [2.75, 3.05) is 12.5 Å². The molecule has 3 aromatic rings. The van der Waals surface area contributed by atoms with Crippen molar-refractivity contribution in [1.29, 1.82) is 0 Å². The number of fused-ring (bicyclic) bond motifs is 1. The highest BCUT2D eigenvalue weighted by Gasteiger charge is 2.31. The van der Waals surface area contributed by atoms with E-state index in [0.717, 1.165) is 16.3 Å². The Morgan fingerprint density at radius 3 is 2.57 bits per heavy atom. The SMILES string of the molecule is CSc1ccc2ccc(OC(SC)C(=O)NC(C)(C)c3nocc3C)cc2c1. The normalized spacial score (nSPS) is 12.8. The first-order valence-electron chi connectivity index (χ1n) is 8.85. The monoisotopic (exact) mass is 416 g/mol. The number of hydrogen-bond donors (Lipinski definition) is 1. The van der Waals surface area contributed by atoms with Crippen molar-refractivity contribution >= 4 is 40.2 Å². The molecule has 0 saturated carbocycles. The van der Waals surface area contributed by atoms with Crippen molar-refractivity contribution in [3.63, 3.8) is 0 Å². The summed E-state index contributed by atoms with van der Waals surface area (Å²) in [5.41, 5.74) is 0.261. The van der Waals surface area contributed by atoms with Gasteiger partial charge in [-0.15, -0.1) is 23.5 Å². The zero-order chi connectivity index (χ0) is 20.3. The molecular weight excluding hydrogens is 392 g/mol. The van der Waals surface area contributed by atoms with Gasteiger partial charge in [-0.25, -0.2) is 0 Å². The summed E-state index contributed by atoms with van der Waals surface area (Å²) in [5, 5.41) is 9.26. The van der Waals surface area contributed by atoms with Crippen LogP contribution in [0.4, 0.5) is 0 Å². The summed E-state index contributed by atoms with van der Waals surface area (Å²) in [6.45, 7) is 5.69. The predicted octanol–water partition coefficient (Wildman–Crippen LogP) is 4.98. The van der Waals surface area contributed by atoms with Crippen LogP contribution in [0.25, 0.3) is 10.8 Å². The molecule has 1 unspecified atom stereocenters. The molecule has 0 aliphatic rings. The van der Waals surface area contributed by atoms with Crippen LogP contribution in [-0.2, 0) is 10.3 Å². The van der Waals surface area contributed by atoms with Crippen molar-refractivity contribution in [2.24, 2.45) is 0 Å². The number of rotatable bonds is 7. The molecule has 1 heterocycles. The summed E-state index contributed by atoms with van der Waals surface area (Å²) in [7, 11) is 0. The van der Waals surface area contributed by atoms with Gasteiger partial charge in [0.15, 0.2) is 0 Å². The lowest BCUT2D eigenvalue weighted by Crippen LogP contribution is -2.47. The molecule has 0 fully saturated rings. The maximum absolute atomic E-state index is 12.8. The van der Waals surface area contributed by atoms with Crippen LogP contribution in [0.2, 0.25) is 0 Å². The molecule has 0 aliphatic heterocycles. The summed E-state index contributed by atoms with van der Waals surface area (Å²) < 4.78 is 11.0. The third kappa shape index (κ3) is 4.47. The zero-order valence-electron chi connectivity index (χ0n) is 16.6. The van der Waals surface area contributed by atoms with Crippen LogP contribution in [-0.4, -0.2) is 29.0 Å². The minimum Gasteiger partial charge on any atom is -0.470 e. The Balaban J connectivity index is 1.77. The highest BCUT2D eigenvalue weighted by molar-refractivity contribution is 7.99. The molecule has 7 heteroatoms. The molecule has 1 N–H and O–H groups in total. The van der Waals surface area contributed by atoms with Gasteiger partial charge in [0.1, 0.15) is 17.7 Å². The number of aryl methyl sites for hydroxylation is 1. The van der Waals surface area contributed by atoms with Gasteiger partial charge in [0.05, 0.1) is 5.54 Å². The lowest BCUT2D eigenvalue weighted by molar-refractivity contribution is -0.126. The summed E-state index contributed by atoms with van der Waals surface area (Å²) >= 11 is 3.04. The van der Waals surface area contributed by atoms with E-state index in [1.165, 1.54) is 16.7 Å². The van der Waals surface area contributed by atoms with Gasteiger partial charge in [0, 0.05) is 10.5 Å². The van der Waals surface area contributed by atoms with Crippen LogP contribution >= 0.6 is 23.5 Å². The lowest BCUT2D eigenvalue weighted by atomic mass is 9.97. The van der Waals surface area contributed by atoms with E-state index in [2.05, 4.69) is 28.7 Å². The number of benzene rings is 2. The highest BCUT2D eigenvalue weighted by atomic mass is 32.2. The zero-order valence-corrected chi connectivity index (χ0v) is 18.2. The smallest absolute Gasteiger partial charge is 0.272 e. The largest absolute Gasteiger partial charge is 0.470 e. The Labute approximate surface area is 173 Å². The second-order valence-electron chi connectivity index (χ2n) is 7.02. The number of amides is 1. The summed E-state index contributed by atoms with van der Waals surface area (Å²) in [6.07, 6.45) is 5.48. The van der Waals surface area contributed by atoms with E-state index in [1.807, 2.05) is 51.5 Å². The first kappa shape index (κ1) is 20.6. The number of aromatic nitrogens is 1. The van der Waals surface area contributed by atoms with E-state index in [1.54, 1.807) is 18.0 Å². The number of nitrogens with zero attached hydrogens (tertiary/aromatic N) is 1. The number of carbonyl (C=O) groups is 1. The maximum Gasteiger partial charge on any atom is 0.272 e. The van der Waals surface area contributed by atoms with Crippen LogP contribution in [0.5, 0.6) is 5.75 Å². The topological polar surface area (TPSA) is 64.4 Å². The van der Waals surface area contributed by atoms with Crippen LogP contribution in [0.3, 0.4) is 0 Å². The third-order valence-corrected chi connectivity index (χ3v) is 5.93. The Morgan fingerprint density at radius 1 is 1.18 bits per heavy atom. The molecule has 28 heavy (non-hydrogen) atoms.